The van der Waals surface area contributed by atoms with Crippen molar-refractivity contribution in [2.45, 2.75) is 52.0 Å². The summed E-state index contributed by atoms with van der Waals surface area (Å²) < 4.78 is 5.30. The third-order valence-corrected chi connectivity index (χ3v) is 5.74. The Kier molecular flexibility index (Phi) is 10.1. The number of guanidine groups is 1. The Balaban J connectivity index is 0.00000288. The van der Waals surface area contributed by atoms with Gasteiger partial charge < -0.3 is 15.4 Å². The van der Waals surface area contributed by atoms with Gasteiger partial charge in [0.05, 0.1) is 17.2 Å². The molecule has 1 heterocycles. The predicted molar refractivity (Wildman–Crippen MR) is 113 cm³/mol. The lowest BCUT2D eigenvalue weighted by Crippen LogP contribution is -2.43. The molecule has 1 aliphatic carbocycles. The van der Waals surface area contributed by atoms with Gasteiger partial charge >= 0.3 is 0 Å². The van der Waals surface area contributed by atoms with Crippen molar-refractivity contribution in [3.05, 3.63) is 16.1 Å². The number of hydrogen-bond donors (Lipinski definition) is 2. The third-order valence-electron chi connectivity index (χ3n) is 4.69. The van der Waals surface area contributed by atoms with E-state index in [2.05, 4.69) is 32.9 Å². The number of aryl methyl sites for hydroxylation is 1. The summed E-state index contributed by atoms with van der Waals surface area (Å²) in [5.74, 6) is 0.861. The van der Waals surface area contributed by atoms with E-state index in [1.54, 1.807) is 18.4 Å². The summed E-state index contributed by atoms with van der Waals surface area (Å²) in [6.07, 6.45) is 7.35. The van der Waals surface area contributed by atoms with Crippen molar-refractivity contribution in [3.8, 4) is 0 Å². The molecule has 1 aromatic rings. The lowest BCUT2D eigenvalue weighted by molar-refractivity contribution is 0.138. The van der Waals surface area contributed by atoms with Crippen molar-refractivity contribution in [1.29, 1.82) is 0 Å². The van der Waals surface area contributed by atoms with Gasteiger partial charge in [0.1, 0.15) is 0 Å². The number of methoxy groups -OCH3 is 1. The topological polar surface area (TPSA) is 58.5 Å². The van der Waals surface area contributed by atoms with E-state index in [0.717, 1.165) is 44.2 Å². The number of hydrogen-bond acceptors (Lipinski definition) is 4. The molecule has 1 aliphatic rings. The Hall–Kier alpha value is -0.410. The molecule has 0 spiro atoms. The molecule has 7 heteroatoms. The molecule has 0 unspecified atom stereocenters. The highest BCUT2D eigenvalue weighted by Crippen LogP contribution is 2.40. The van der Waals surface area contributed by atoms with E-state index in [-0.39, 0.29) is 24.0 Å². The number of aromatic nitrogens is 1. The van der Waals surface area contributed by atoms with Gasteiger partial charge in [-0.1, -0.05) is 19.8 Å². The monoisotopic (exact) mass is 466 g/mol. The molecule has 1 aromatic heterocycles. The summed E-state index contributed by atoms with van der Waals surface area (Å²) in [6.45, 7) is 4.67. The molecule has 24 heavy (non-hydrogen) atoms. The first-order valence-corrected chi connectivity index (χ1v) is 9.46. The van der Waals surface area contributed by atoms with Gasteiger partial charge in [0, 0.05) is 32.7 Å². The van der Waals surface area contributed by atoms with Crippen molar-refractivity contribution >= 4 is 41.3 Å². The normalized spacial score (nSPS) is 16.7. The molecule has 5 nitrogen and oxygen atoms in total. The molecule has 0 bridgehead atoms. The first kappa shape index (κ1) is 21.6. The number of aliphatic imine (C=N–C) groups is 1. The molecule has 0 atom stereocenters. The highest BCUT2D eigenvalue weighted by molar-refractivity contribution is 14.0. The Morgan fingerprint density at radius 2 is 2.12 bits per heavy atom. The van der Waals surface area contributed by atoms with E-state index >= 15 is 0 Å². The van der Waals surface area contributed by atoms with Gasteiger partial charge in [-0.25, -0.2) is 4.98 Å². The van der Waals surface area contributed by atoms with Crippen LogP contribution in [0.4, 0.5) is 0 Å². The summed E-state index contributed by atoms with van der Waals surface area (Å²) >= 11 is 1.73. The molecule has 0 aliphatic heterocycles. The van der Waals surface area contributed by atoms with Gasteiger partial charge in [0.15, 0.2) is 5.96 Å². The number of nitrogens with zero attached hydrogens (tertiary/aromatic N) is 2. The van der Waals surface area contributed by atoms with Gasteiger partial charge in [0.2, 0.25) is 0 Å². The minimum atomic E-state index is 0. The predicted octanol–water partition coefficient (Wildman–Crippen LogP) is 3.59. The van der Waals surface area contributed by atoms with E-state index in [1.165, 1.54) is 30.7 Å². The maximum atomic E-state index is 5.30. The summed E-state index contributed by atoms with van der Waals surface area (Å²) in [6, 6.07) is 0. The molecular weight excluding hydrogens is 435 g/mol. The number of ether oxygens (including phenoxy) is 1. The number of thiazole rings is 1. The maximum absolute atomic E-state index is 5.30. The van der Waals surface area contributed by atoms with Crippen molar-refractivity contribution in [2.75, 3.05) is 27.3 Å². The number of halogens is 1. The summed E-state index contributed by atoms with van der Waals surface area (Å²) in [4.78, 5) is 8.92. The van der Waals surface area contributed by atoms with E-state index < -0.39 is 0 Å². The van der Waals surface area contributed by atoms with Crippen LogP contribution in [-0.4, -0.2) is 38.3 Å². The lowest BCUT2D eigenvalue weighted by atomic mass is 9.83. The van der Waals surface area contributed by atoms with Gasteiger partial charge in [-0.05, 0) is 31.1 Å². The van der Waals surface area contributed by atoms with Crippen molar-refractivity contribution in [3.63, 3.8) is 0 Å². The quantitative estimate of drug-likeness (QED) is 0.349. The highest BCUT2D eigenvalue weighted by atomic mass is 127. The lowest BCUT2D eigenvalue weighted by Gasteiger charge is -2.29. The van der Waals surface area contributed by atoms with Gasteiger partial charge in [-0.15, -0.1) is 35.3 Å². The van der Waals surface area contributed by atoms with Crippen LogP contribution in [0.1, 0.15) is 49.7 Å². The third kappa shape index (κ3) is 6.48. The van der Waals surface area contributed by atoms with Crippen LogP contribution in [0.2, 0.25) is 0 Å². The van der Waals surface area contributed by atoms with Crippen LogP contribution in [0.5, 0.6) is 0 Å². The molecule has 0 saturated heterocycles. The summed E-state index contributed by atoms with van der Waals surface area (Å²) in [5.41, 5.74) is 1.45. The average Bonchev–Trinajstić information content (AvgIpc) is 3.23. The Bertz CT molecular complexity index is 501. The molecule has 138 valence electrons. The van der Waals surface area contributed by atoms with Crippen LogP contribution in [-0.2, 0) is 17.7 Å². The molecule has 1 saturated carbocycles. The fraction of sp³-hybridized carbons (Fsp3) is 0.765. The van der Waals surface area contributed by atoms with Crippen LogP contribution in [0, 0.1) is 5.41 Å². The van der Waals surface area contributed by atoms with E-state index in [0.29, 0.717) is 5.41 Å². The van der Waals surface area contributed by atoms with Crippen LogP contribution in [0.3, 0.4) is 0 Å². The first-order chi connectivity index (χ1) is 11.2. The average molecular weight is 466 g/mol. The summed E-state index contributed by atoms with van der Waals surface area (Å²) in [7, 11) is 3.61. The Morgan fingerprint density at radius 1 is 1.38 bits per heavy atom. The smallest absolute Gasteiger partial charge is 0.191 e. The van der Waals surface area contributed by atoms with Crippen molar-refractivity contribution in [2.24, 2.45) is 10.4 Å². The zero-order valence-corrected chi connectivity index (χ0v) is 18.2. The first-order valence-electron chi connectivity index (χ1n) is 8.58. The fourth-order valence-electron chi connectivity index (χ4n) is 3.22. The van der Waals surface area contributed by atoms with E-state index in [4.69, 9.17) is 4.74 Å². The molecule has 0 radical (unpaired) electrons. The minimum absolute atomic E-state index is 0. The second-order valence-corrected chi connectivity index (χ2v) is 7.26. The molecule has 0 amide bonds. The zero-order valence-electron chi connectivity index (χ0n) is 15.1. The Morgan fingerprint density at radius 3 is 2.71 bits per heavy atom. The molecule has 1 fully saturated rings. The molecule has 2 N–H and O–H groups in total. The summed E-state index contributed by atoms with van der Waals surface area (Å²) in [5, 5.41) is 10.2. The minimum Gasteiger partial charge on any atom is -0.385 e. The van der Waals surface area contributed by atoms with Gasteiger partial charge in [-0.2, -0.15) is 0 Å². The zero-order chi connectivity index (χ0) is 16.5. The number of nitrogens with one attached hydrogen (secondary N) is 2. The maximum Gasteiger partial charge on any atom is 0.191 e. The largest absolute Gasteiger partial charge is 0.385 e. The van der Waals surface area contributed by atoms with Crippen molar-refractivity contribution in [1.82, 2.24) is 15.6 Å². The standard InChI is InChI=1S/C17H30N4OS.HI/c1-4-15-21-14(12-23-15)11-19-16(18-2)20-13-17(9-10-22-3)7-5-6-8-17;/h12H,4-11,13H2,1-3H3,(H2,18,19,20);1H. The van der Waals surface area contributed by atoms with Crippen LogP contribution >= 0.6 is 35.3 Å². The Labute approximate surface area is 167 Å². The van der Waals surface area contributed by atoms with Gasteiger partial charge in [0.25, 0.3) is 0 Å². The second kappa shape index (κ2) is 11.3. The van der Waals surface area contributed by atoms with Crippen LogP contribution < -0.4 is 10.6 Å². The molecule has 2 rings (SSSR count). The van der Waals surface area contributed by atoms with Gasteiger partial charge in [-0.3, -0.25) is 4.99 Å². The van der Waals surface area contributed by atoms with Crippen LogP contribution in [0.15, 0.2) is 10.4 Å². The van der Waals surface area contributed by atoms with E-state index in [9.17, 15) is 0 Å². The van der Waals surface area contributed by atoms with Crippen molar-refractivity contribution < 1.29 is 4.74 Å². The second-order valence-electron chi connectivity index (χ2n) is 6.32. The molecule has 0 aromatic carbocycles. The SMILES string of the molecule is CCc1nc(CNC(=NC)NCC2(CCOC)CCCC2)cs1.I. The van der Waals surface area contributed by atoms with Crippen LogP contribution in [0.25, 0.3) is 0 Å². The van der Waals surface area contributed by atoms with E-state index in [1.807, 2.05) is 7.05 Å². The highest BCUT2D eigenvalue weighted by Gasteiger charge is 2.33. The number of rotatable bonds is 8. The molecular formula is C17H31IN4OS. The fourth-order valence-corrected chi connectivity index (χ4v) is 3.96.